The molecule has 2 N–H and O–H groups in total. The van der Waals surface area contributed by atoms with Crippen molar-refractivity contribution in [3.63, 3.8) is 0 Å². The number of carboxylic acids is 1. The maximum atomic E-state index is 10.9. The molecule has 1 aromatic rings. The van der Waals surface area contributed by atoms with Crippen molar-refractivity contribution in [3.05, 3.63) is 15.6 Å². The zero-order valence-electron chi connectivity index (χ0n) is 11.7. The molecule has 0 atom stereocenters. The second kappa shape index (κ2) is 7.68. The zero-order valence-corrected chi connectivity index (χ0v) is 12.5. The van der Waals surface area contributed by atoms with Crippen LogP contribution in [0.25, 0.3) is 0 Å². The van der Waals surface area contributed by atoms with Gasteiger partial charge in [-0.05, 0) is 6.92 Å². The van der Waals surface area contributed by atoms with Gasteiger partial charge in [0.2, 0.25) is 0 Å². The average molecular weight is 299 g/mol. The minimum atomic E-state index is -0.883. The summed E-state index contributed by atoms with van der Waals surface area (Å²) in [5.74, 6) is -0.883. The predicted octanol–water partition coefficient (Wildman–Crippen LogP) is 0.614. The van der Waals surface area contributed by atoms with Crippen LogP contribution in [0.15, 0.2) is 0 Å². The zero-order chi connectivity index (χ0) is 14.4. The lowest BCUT2D eigenvalue weighted by atomic mass is 10.4. The van der Waals surface area contributed by atoms with Gasteiger partial charge >= 0.3 is 5.97 Å². The summed E-state index contributed by atoms with van der Waals surface area (Å²) in [6.45, 7) is 8.22. The summed E-state index contributed by atoms with van der Waals surface area (Å²) in [6.07, 6.45) is 0.780. The Morgan fingerprint density at radius 3 is 2.85 bits per heavy atom. The van der Waals surface area contributed by atoms with Crippen molar-refractivity contribution in [2.75, 3.05) is 45.9 Å². The lowest BCUT2D eigenvalue weighted by Crippen LogP contribution is -2.40. The molecule has 0 aliphatic carbocycles. The summed E-state index contributed by atoms with van der Waals surface area (Å²) >= 11 is 1.28. The quantitative estimate of drug-likeness (QED) is 0.719. The molecule has 6 nitrogen and oxygen atoms in total. The van der Waals surface area contributed by atoms with E-state index in [2.05, 4.69) is 15.2 Å². The molecule has 20 heavy (non-hydrogen) atoms. The summed E-state index contributed by atoms with van der Waals surface area (Å²) in [5, 5.41) is 13.2. The number of ether oxygens (including phenoxy) is 1. The Balaban J connectivity index is 1.63. The fourth-order valence-electron chi connectivity index (χ4n) is 2.14. The molecule has 1 aliphatic heterocycles. The van der Waals surface area contributed by atoms with Crippen molar-refractivity contribution in [2.24, 2.45) is 0 Å². The second-order valence-corrected chi connectivity index (χ2v) is 5.86. The Morgan fingerprint density at radius 2 is 2.20 bits per heavy atom. The summed E-state index contributed by atoms with van der Waals surface area (Å²) in [6, 6.07) is 0. The number of nitrogens with one attached hydrogen (secondary N) is 1. The third-order valence-electron chi connectivity index (χ3n) is 3.26. The normalized spacial score (nSPS) is 16.4. The smallest absolute Gasteiger partial charge is 0.347 e. The lowest BCUT2D eigenvalue weighted by Gasteiger charge is -2.26. The van der Waals surface area contributed by atoms with Crippen LogP contribution in [0.4, 0.5) is 0 Å². The van der Waals surface area contributed by atoms with Gasteiger partial charge in [-0.1, -0.05) is 0 Å². The Labute approximate surface area is 122 Å². The second-order valence-electron chi connectivity index (χ2n) is 4.78. The van der Waals surface area contributed by atoms with Crippen LogP contribution in [-0.4, -0.2) is 66.9 Å². The van der Waals surface area contributed by atoms with Crippen molar-refractivity contribution in [2.45, 2.75) is 13.3 Å². The fourth-order valence-corrected chi connectivity index (χ4v) is 3.04. The van der Waals surface area contributed by atoms with E-state index in [-0.39, 0.29) is 0 Å². The van der Waals surface area contributed by atoms with Gasteiger partial charge in [0.05, 0.1) is 23.9 Å². The molecule has 1 aromatic heterocycles. The Kier molecular flexibility index (Phi) is 5.90. The van der Waals surface area contributed by atoms with Crippen molar-refractivity contribution in [1.82, 2.24) is 15.2 Å². The molecular formula is C13H21N3O3S. The van der Waals surface area contributed by atoms with Crippen LogP contribution in [0, 0.1) is 6.92 Å². The first kappa shape index (κ1) is 15.4. The summed E-state index contributed by atoms with van der Waals surface area (Å²) in [4.78, 5) is 18.0. The van der Waals surface area contributed by atoms with E-state index in [1.54, 1.807) is 6.92 Å². The predicted molar refractivity (Wildman–Crippen MR) is 77.6 cm³/mol. The molecule has 0 spiro atoms. The number of rotatable bonds is 7. The molecule has 7 heteroatoms. The van der Waals surface area contributed by atoms with E-state index in [4.69, 9.17) is 9.84 Å². The molecule has 1 saturated heterocycles. The molecule has 0 aromatic carbocycles. The maximum Gasteiger partial charge on any atom is 0.347 e. The van der Waals surface area contributed by atoms with Gasteiger partial charge in [-0.3, -0.25) is 4.90 Å². The molecule has 112 valence electrons. The highest BCUT2D eigenvalue weighted by Gasteiger charge is 2.13. The maximum absolute atomic E-state index is 10.9. The van der Waals surface area contributed by atoms with Crippen LogP contribution in [0.2, 0.25) is 0 Å². The standard InChI is InChI=1S/C13H21N3O3S/c1-10-12(13(17)18)20-11(15-10)2-3-14-4-5-16-6-8-19-9-7-16/h14H,2-9H2,1H3,(H,17,18). The monoisotopic (exact) mass is 299 g/mol. The molecule has 0 amide bonds. The van der Waals surface area contributed by atoms with E-state index in [9.17, 15) is 4.79 Å². The van der Waals surface area contributed by atoms with E-state index in [0.717, 1.165) is 57.4 Å². The number of hydrogen-bond donors (Lipinski definition) is 2. The third-order valence-corrected chi connectivity index (χ3v) is 4.46. The van der Waals surface area contributed by atoms with Gasteiger partial charge in [0.15, 0.2) is 0 Å². The SMILES string of the molecule is Cc1nc(CCNCCN2CCOCC2)sc1C(=O)O. The van der Waals surface area contributed by atoms with E-state index >= 15 is 0 Å². The topological polar surface area (TPSA) is 74.7 Å². The summed E-state index contributed by atoms with van der Waals surface area (Å²) in [5.41, 5.74) is 0.616. The van der Waals surface area contributed by atoms with Crippen molar-refractivity contribution >= 4 is 17.3 Å². The molecule has 0 unspecified atom stereocenters. The molecule has 2 heterocycles. The van der Waals surface area contributed by atoms with Gasteiger partial charge in [-0.15, -0.1) is 11.3 Å². The number of carboxylic acid groups (broad SMARTS) is 1. The van der Waals surface area contributed by atoms with E-state index in [1.165, 1.54) is 11.3 Å². The number of morpholine rings is 1. The van der Waals surface area contributed by atoms with Crippen LogP contribution in [-0.2, 0) is 11.2 Å². The largest absolute Gasteiger partial charge is 0.477 e. The minimum absolute atomic E-state index is 0.355. The first-order valence-electron chi connectivity index (χ1n) is 6.87. The first-order chi connectivity index (χ1) is 9.66. The van der Waals surface area contributed by atoms with Gasteiger partial charge in [-0.25, -0.2) is 9.78 Å². The number of nitrogens with zero attached hydrogens (tertiary/aromatic N) is 2. The Morgan fingerprint density at radius 1 is 1.45 bits per heavy atom. The lowest BCUT2D eigenvalue weighted by molar-refractivity contribution is 0.0385. The molecule has 1 aliphatic rings. The Bertz CT molecular complexity index is 444. The number of aromatic nitrogens is 1. The van der Waals surface area contributed by atoms with Crippen LogP contribution in [0.3, 0.4) is 0 Å². The molecule has 0 radical (unpaired) electrons. The van der Waals surface area contributed by atoms with Gasteiger partial charge in [-0.2, -0.15) is 0 Å². The number of carbonyl (C=O) groups is 1. The van der Waals surface area contributed by atoms with Gasteiger partial charge in [0.1, 0.15) is 4.88 Å². The number of aromatic carboxylic acids is 1. The summed E-state index contributed by atoms with van der Waals surface area (Å²) < 4.78 is 5.30. The summed E-state index contributed by atoms with van der Waals surface area (Å²) in [7, 11) is 0. The molecule has 1 fully saturated rings. The number of aryl methyl sites for hydroxylation is 1. The van der Waals surface area contributed by atoms with Crippen LogP contribution < -0.4 is 5.32 Å². The average Bonchev–Trinajstić information content (AvgIpc) is 2.81. The van der Waals surface area contributed by atoms with Crippen molar-refractivity contribution in [3.8, 4) is 0 Å². The number of thiazole rings is 1. The minimum Gasteiger partial charge on any atom is -0.477 e. The van der Waals surface area contributed by atoms with Crippen LogP contribution in [0.1, 0.15) is 20.4 Å². The van der Waals surface area contributed by atoms with E-state index < -0.39 is 5.97 Å². The van der Waals surface area contributed by atoms with Crippen LogP contribution >= 0.6 is 11.3 Å². The fraction of sp³-hybridized carbons (Fsp3) is 0.692. The highest BCUT2D eigenvalue weighted by molar-refractivity contribution is 7.13. The first-order valence-corrected chi connectivity index (χ1v) is 7.69. The number of hydrogen-bond acceptors (Lipinski definition) is 6. The third kappa shape index (κ3) is 4.52. The van der Waals surface area contributed by atoms with Gasteiger partial charge in [0, 0.05) is 39.1 Å². The van der Waals surface area contributed by atoms with Gasteiger partial charge < -0.3 is 15.2 Å². The Hall–Kier alpha value is -1.02. The van der Waals surface area contributed by atoms with E-state index in [0.29, 0.717) is 10.6 Å². The molecule has 2 rings (SSSR count). The van der Waals surface area contributed by atoms with Gasteiger partial charge in [0.25, 0.3) is 0 Å². The van der Waals surface area contributed by atoms with Crippen molar-refractivity contribution in [1.29, 1.82) is 0 Å². The molecule has 0 saturated carbocycles. The van der Waals surface area contributed by atoms with Crippen molar-refractivity contribution < 1.29 is 14.6 Å². The van der Waals surface area contributed by atoms with E-state index in [1.807, 2.05) is 0 Å². The highest BCUT2D eigenvalue weighted by Crippen LogP contribution is 2.17. The molecular weight excluding hydrogens is 278 g/mol. The van der Waals surface area contributed by atoms with Crippen LogP contribution in [0.5, 0.6) is 0 Å². The highest BCUT2D eigenvalue weighted by atomic mass is 32.1. The molecule has 0 bridgehead atoms.